The topological polar surface area (TPSA) is 85.1 Å². The molecule has 0 amide bonds. The van der Waals surface area contributed by atoms with Crippen molar-refractivity contribution in [1.29, 1.82) is 0 Å². The fraction of sp³-hybridized carbons (Fsp3) is 0.571. The van der Waals surface area contributed by atoms with Gasteiger partial charge in [0.1, 0.15) is 11.4 Å². The SMILES string of the molecule is COc1ccc(N2CCC(OCCO)CC2)c([N+](=O)[O-])c1. The molecule has 1 N–H and O–H groups in total. The number of nitro groups is 1. The number of aliphatic hydroxyl groups is 1. The zero-order valence-electron chi connectivity index (χ0n) is 12.0. The van der Waals surface area contributed by atoms with Crippen LogP contribution in [0.2, 0.25) is 0 Å². The average molecular weight is 296 g/mol. The van der Waals surface area contributed by atoms with Crippen LogP contribution in [0, 0.1) is 10.1 Å². The summed E-state index contributed by atoms with van der Waals surface area (Å²) in [6, 6.07) is 4.91. The van der Waals surface area contributed by atoms with Gasteiger partial charge in [-0.2, -0.15) is 0 Å². The Hall–Kier alpha value is -1.86. The Bertz CT molecular complexity index is 486. The smallest absolute Gasteiger partial charge is 0.296 e. The van der Waals surface area contributed by atoms with Crippen molar-refractivity contribution in [3.8, 4) is 5.75 Å². The summed E-state index contributed by atoms with van der Waals surface area (Å²) < 4.78 is 10.5. The van der Waals surface area contributed by atoms with E-state index in [4.69, 9.17) is 14.6 Å². The van der Waals surface area contributed by atoms with Gasteiger partial charge in [-0.3, -0.25) is 10.1 Å². The van der Waals surface area contributed by atoms with Crippen LogP contribution < -0.4 is 9.64 Å². The summed E-state index contributed by atoms with van der Waals surface area (Å²) in [4.78, 5) is 12.8. The molecule has 1 aromatic rings. The van der Waals surface area contributed by atoms with E-state index in [1.807, 2.05) is 4.90 Å². The van der Waals surface area contributed by atoms with E-state index < -0.39 is 0 Å². The van der Waals surface area contributed by atoms with Crippen LogP contribution in [0.3, 0.4) is 0 Å². The third-order valence-electron chi connectivity index (χ3n) is 3.61. The number of hydrogen-bond acceptors (Lipinski definition) is 6. The lowest BCUT2D eigenvalue weighted by atomic mass is 10.1. The van der Waals surface area contributed by atoms with Crippen molar-refractivity contribution >= 4 is 11.4 Å². The van der Waals surface area contributed by atoms with E-state index >= 15 is 0 Å². The van der Waals surface area contributed by atoms with Crippen LogP contribution in [-0.4, -0.2) is 49.5 Å². The second-order valence-corrected chi connectivity index (χ2v) is 4.89. The highest BCUT2D eigenvalue weighted by molar-refractivity contribution is 5.65. The second kappa shape index (κ2) is 7.24. The number of nitrogens with zero attached hydrogens (tertiary/aromatic N) is 2. The molecule has 0 saturated carbocycles. The van der Waals surface area contributed by atoms with Crippen molar-refractivity contribution in [2.75, 3.05) is 38.3 Å². The van der Waals surface area contributed by atoms with Gasteiger partial charge in [0.15, 0.2) is 0 Å². The first-order valence-corrected chi connectivity index (χ1v) is 6.95. The van der Waals surface area contributed by atoms with E-state index in [0.29, 0.717) is 31.1 Å². The Morgan fingerprint density at radius 2 is 2.14 bits per heavy atom. The number of rotatable bonds is 6. The molecule has 0 bridgehead atoms. The van der Waals surface area contributed by atoms with Crippen LogP contribution >= 0.6 is 0 Å². The molecule has 7 nitrogen and oxygen atoms in total. The summed E-state index contributed by atoms with van der Waals surface area (Å²) in [5.41, 5.74) is 0.672. The quantitative estimate of drug-likeness (QED) is 0.633. The summed E-state index contributed by atoms with van der Waals surface area (Å²) in [5, 5.41) is 20.0. The van der Waals surface area contributed by atoms with Gasteiger partial charge in [0.05, 0.1) is 37.4 Å². The van der Waals surface area contributed by atoms with E-state index in [9.17, 15) is 10.1 Å². The van der Waals surface area contributed by atoms with Crippen molar-refractivity contribution < 1.29 is 19.5 Å². The number of nitro benzene ring substituents is 1. The molecule has 21 heavy (non-hydrogen) atoms. The van der Waals surface area contributed by atoms with Crippen molar-refractivity contribution in [2.24, 2.45) is 0 Å². The van der Waals surface area contributed by atoms with Gasteiger partial charge in [0.25, 0.3) is 5.69 Å². The molecule has 1 heterocycles. The summed E-state index contributed by atoms with van der Waals surface area (Å²) in [5.74, 6) is 0.478. The molecule has 0 radical (unpaired) electrons. The molecule has 0 aliphatic carbocycles. The van der Waals surface area contributed by atoms with Crippen LogP contribution in [0.15, 0.2) is 18.2 Å². The van der Waals surface area contributed by atoms with Crippen LogP contribution in [0.4, 0.5) is 11.4 Å². The van der Waals surface area contributed by atoms with E-state index in [1.54, 1.807) is 12.1 Å². The minimum absolute atomic E-state index is 0.0180. The number of benzene rings is 1. The number of methoxy groups -OCH3 is 1. The number of piperidine rings is 1. The summed E-state index contributed by atoms with van der Waals surface area (Å²) in [6.45, 7) is 1.75. The minimum atomic E-state index is -0.383. The van der Waals surface area contributed by atoms with E-state index in [-0.39, 0.29) is 23.3 Å². The van der Waals surface area contributed by atoms with E-state index in [0.717, 1.165) is 12.8 Å². The van der Waals surface area contributed by atoms with Crippen LogP contribution in [-0.2, 0) is 4.74 Å². The highest BCUT2D eigenvalue weighted by Gasteiger charge is 2.25. The Labute approximate surface area is 123 Å². The molecule has 116 valence electrons. The molecular weight excluding hydrogens is 276 g/mol. The maximum atomic E-state index is 11.2. The van der Waals surface area contributed by atoms with E-state index in [2.05, 4.69) is 0 Å². The number of aliphatic hydroxyl groups excluding tert-OH is 1. The summed E-state index contributed by atoms with van der Waals surface area (Å²) in [7, 11) is 1.49. The van der Waals surface area contributed by atoms with Gasteiger partial charge in [-0.1, -0.05) is 0 Å². The molecule has 1 fully saturated rings. The van der Waals surface area contributed by atoms with Crippen molar-refractivity contribution in [3.05, 3.63) is 28.3 Å². The fourth-order valence-corrected chi connectivity index (χ4v) is 2.53. The Morgan fingerprint density at radius 1 is 1.43 bits per heavy atom. The van der Waals surface area contributed by atoms with Crippen molar-refractivity contribution in [3.63, 3.8) is 0 Å². The zero-order valence-corrected chi connectivity index (χ0v) is 12.0. The lowest BCUT2D eigenvalue weighted by Crippen LogP contribution is -2.37. The predicted octanol–water partition coefficient (Wildman–Crippen LogP) is 1.58. The lowest BCUT2D eigenvalue weighted by molar-refractivity contribution is -0.384. The fourth-order valence-electron chi connectivity index (χ4n) is 2.53. The first kappa shape index (κ1) is 15.5. The monoisotopic (exact) mass is 296 g/mol. The maximum Gasteiger partial charge on any atom is 0.296 e. The summed E-state index contributed by atoms with van der Waals surface area (Å²) >= 11 is 0. The normalized spacial score (nSPS) is 16.0. The van der Waals surface area contributed by atoms with Gasteiger partial charge in [-0.15, -0.1) is 0 Å². The standard InChI is InChI=1S/C14H20N2O5/c1-20-12-2-3-13(14(10-12)16(18)19)15-6-4-11(5-7-15)21-9-8-17/h2-3,10-11,17H,4-9H2,1H3. The molecule has 1 aromatic carbocycles. The van der Waals surface area contributed by atoms with Gasteiger partial charge in [0, 0.05) is 13.1 Å². The van der Waals surface area contributed by atoms with Gasteiger partial charge >= 0.3 is 0 Å². The minimum Gasteiger partial charge on any atom is -0.496 e. The first-order chi connectivity index (χ1) is 10.2. The van der Waals surface area contributed by atoms with Gasteiger partial charge in [-0.05, 0) is 25.0 Å². The molecule has 1 aliphatic rings. The largest absolute Gasteiger partial charge is 0.496 e. The van der Waals surface area contributed by atoms with Gasteiger partial charge < -0.3 is 19.5 Å². The molecular formula is C14H20N2O5. The highest BCUT2D eigenvalue weighted by atomic mass is 16.6. The Balaban J connectivity index is 2.07. The molecule has 0 spiro atoms. The molecule has 7 heteroatoms. The lowest BCUT2D eigenvalue weighted by Gasteiger charge is -2.33. The predicted molar refractivity (Wildman–Crippen MR) is 77.9 cm³/mol. The third-order valence-corrected chi connectivity index (χ3v) is 3.61. The molecule has 0 unspecified atom stereocenters. The zero-order chi connectivity index (χ0) is 15.2. The Morgan fingerprint density at radius 3 is 2.71 bits per heavy atom. The number of hydrogen-bond donors (Lipinski definition) is 1. The maximum absolute atomic E-state index is 11.2. The summed E-state index contributed by atoms with van der Waals surface area (Å²) in [6.07, 6.45) is 1.71. The van der Waals surface area contributed by atoms with Crippen LogP contribution in [0.25, 0.3) is 0 Å². The molecule has 2 rings (SSSR count). The molecule has 1 aliphatic heterocycles. The Kier molecular flexibility index (Phi) is 5.35. The van der Waals surface area contributed by atoms with Crippen molar-refractivity contribution in [1.82, 2.24) is 0 Å². The van der Waals surface area contributed by atoms with Crippen LogP contribution in [0.5, 0.6) is 5.75 Å². The molecule has 0 atom stereocenters. The number of anilines is 1. The molecule has 1 saturated heterocycles. The highest BCUT2D eigenvalue weighted by Crippen LogP contribution is 2.33. The molecule has 0 aromatic heterocycles. The van der Waals surface area contributed by atoms with Gasteiger partial charge in [0.2, 0.25) is 0 Å². The van der Waals surface area contributed by atoms with Gasteiger partial charge in [-0.25, -0.2) is 0 Å². The number of ether oxygens (including phenoxy) is 2. The van der Waals surface area contributed by atoms with E-state index in [1.165, 1.54) is 13.2 Å². The second-order valence-electron chi connectivity index (χ2n) is 4.89. The van der Waals surface area contributed by atoms with Crippen molar-refractivity contribution in [2.45, 2.75) is 18.9 Å². The van der Waals surface area contributed by atoms with Crippen LogP contribution in [0.1, 0.15) is 12.8 Å². The average Bonchev–Trinajstić information content (AvgIpc) is 2.52. The third kappa shape index (κ3) is 3.83. The first-order valence-electron chi connectivity index (χ1n) is 6.95.